The summed E-state index contributed by atoms with van der Waals surface area (Å²) in [6.45, 7) is 1.95. The van der Waals surface area contributed by atoms with Crippen molar-refractivity contribution in [1.82, 2.24) is 0 Å². The molecule has 20 heavy (non-hydrogen) atoms. The van der Waals surface area contributed by atoms with E-state index in [4.69, 9.17) is 45.3 Å². The second kappa shape index (κ2) is 6.68. The van der Waals surface area contributed by atoms with E-state index in [1.807, 2.05) is 25.1 Å². The summed E-state index contributed by atoms with van der Waals surface area (Å²) in [6, 6.07) is 10.7. The van der Waals surface area contributed by atoms with Crippen LogP contribution in [0.15, 0.2) is 36.4 Å². The number of nitrogens with two attached hydrogens (primary N) is 1. The maximum atomic E-state index is 6.21. The molecule has 0 amide bonds. The first-order chi connectivity index (χ1) is 9.44. The van der Waals surface area contributed by atoms with E-state index in [1.165, 1.54) is 0 Å². The average Bonchev–Trinajstić information content (AvgIpc) is 2.30. The smallest absolute Gasteiger partial charge is 0.146 e. The van der Waals surface area contributed by atoms with Crippen molar-refractivity contribution in [3.63, 3.8) is 0 Å². The largest absolute Gasteiger partial charge is 0.456 e. The summed E-state index contributed by atoms with van der Waals surface area (Å²) in [7, 11) is 0. The van der Waals surface area contributed by atoms with Crippen LogP contribution in [0.1, 0.15) is 12.5 Å². The molecule has 2 aromatic carbocycles. The molecule has 106 valence electrons. The van der Waals surface area contributed by atoms with Gasteiger partial charge >= 0.3 is 0 Å². The third-order valence-electron chi connectivity index (χ3n) is 2.62. The zero-order chi connectivity index (χ0) is 14.7. The first kappa shape index (κ1) is 15.5. The Morgan fingerprint density at radius 3 is 2.25 bits per heavy atom. The van der Waals surface area contributed by atoms with Crippen LogP contribution in [-0.2, 0) is 6.42 Å². The van der Waals surface area contributed by atoms with E-state index >= 15 is 0 Å². The van der Waals surface area contributed by atoms with Crippen molar-refractivity contribution >= 4 is 34.8 Å². The van der Waals surface area contributed by atoms with E-state index in [0.717, 1.165) is 12.0 Å². The van der Waals surface area contributed by atoms with Crippen molar-refractivity contribution in [1.29, 1.82) is 0 Å². The van der Waals surface area contributed by atoms with Crippen molar-refractivity contribution in [3.8, 4) is 11.5 Å². The van der Waals surface area contributed by atoms with Crippen molar-refractivity contribution < 1.29 is 4.74 Å². The summed E-state index contributed by atoms with van der Waals surface area (Å²) in [4.78, 5) is 0. The standard InChI is InChI=1S/C15H14Cl3NO/c1-9(19)4-10-2-3-15(14(18)5-10)20-13-7-11(16)6-12(17)8-13/h2-3,5-9H,4,19H2,1H3. The number of hydrogen-bond donors (Lipinski definition) is 1. The normalized spacial score (nSPS) is 12.2. The highest BCUT2D eigenvalue weighted by molar-refractivity contribution is 6.34. The first-order valence-corrected chi connectivity index (χ1v) is 7.25. The highest BCUT2D eigenvalue weighted by atomic mass is 35.5. The van der Waals surface area contributed by atoms with Crippen LogP contribution >= 0.6 is 34.8 Å². The van der Waals surface area contributed by atoms with Gasteiger partial charge in [0.25, 0.3) is 0 Å². The lowest BCUT2D eigenvalue weighted by molar-refractivity contribution is 0.482. The third kappa shape index (κ3) is 4.29. The molecule has 0 spiro atoms. The monoisotopic (exact) mass is 329 g/mol. The highest BCUT2D eigenvalue weighted by Gasteiger charge is 2.07. The topological polar surface area (TPSA) is 35.2 Å². The van der Waals surface area contributed by atoms with Crippen molar-refractivity contribution in [2.45, 2.75) is 19.4 Å². The molecule has 0 saturated carbocycles. The predicted molar refractivity (Wildman–Crippen MR) is 85.3 cm³/mol. The predicted octanol–water partition coefficient (Wildman–Crippen LogP) is 5.33. The molecule has 1 atom stereocenters. The fourth-order valence-electron chi connectivity index (χ4n) is 1.84. The van der Waals surface area contributed by atoms with Crippen LogP contribution < -0.4 is 10.5 Å². The van der Waals surface area contributed by atoms with Crippen LogP contribution in [0.2, 0.25) is 15.1 Å². The molecule has 5 heteroatoms. The highest BCUT2D eigenvalue weighted by Crippen LogP contribution is 2.33. The summed E-state index contributed by atoms with van der Waals surface area (Å²) < 4.78 is 5.70. The van der Waals surface area contributed by atoms with Crippen LogP contribution in [-0.4, -0.2) is 6.04 Å². The number of hydrogen-bond acceptors (Lipinski definition) is 2. The van der Waals surface area contributed by atoms with Gasteiger partial charge < -0.3 is 10.5 Å². The minimum atomic E-state index is 0.0876. The lowest BCUT2D eigenvalue weighted by Gasteiger charge is -2.11. The first-order valence-electron chi connectivity index (χ1n) is 6.12. The minimum absolute atomic E-state index is 0.0876. The number of benzene rings is 2. The molecule has 0 bridgehead atoms. The van der Waals surface area contributed by atoms with Gasteiger partial charge in [0.1, 0.15) is 11.5 Å². The Morgan fingerprint density at radius 1 is 1.05 bits per heavy atom. The second-order valence-electron chi connectivity index (χ2n) is 4.65. The SMILES string of the molecule is CC(N)Cc1ccc(Oc2cc(Cl)cc(Cl)c2)c(Cl)c1. The second-order valence-corrected chi connectivity index (χ2v) is 5.93. The molecule has 0 fully saturated rings. The van der Waals surface area contributed by atoms with Gasteiger partial charge in [-0.3, -0.25) is 0 Å². The molecular weight excluding hydrogens is 317 g/mol. The molecule has 0 aliphatic rings. The van der Waals surface area contributed by atoms with Gasteiger partial charge in [0.15, 0.2) is 0 Å². The fourth-order valence-corrected chi connectivity index (χ4v) is 2.59. The molecule has 0 heterocycles. The van der Waals surface area contributed by atoms with Crippen molar-refractivity contribution in [2.75, 3.05) is 0 Å². The molecular formula is C15H14Cl3NO. The van der Waals surface area contributed by atoms with Gasteiger partial charge in [-0.05, 0) is 49.2 Å². The van der Waals surface area contributed by atoms with Crippen LogP contribution in [0, 0.1) is 0 Å². The zero-order valence-corrected chi connectivity index (χ0v) is 13.1. The molecule has 0 saturated heterocycles. The van der Waals surface area contributed by atoms with Crippen LogP contribution in [0.3, 0.4) is 0 Å². The molecule has 2 aromatic rings. The van der Waals surface area contributed by atoms with E-state index in [0.29, 0.717) is 26.6 Å². The Morgan fingerprint density at radius 2 is 1.70 bits per heavy atom. The van der Waals surface area contributed by atoms with Gasteiger partial charge in [0, 0.05) is 16.1 Å². The molecule has 2 N–H and O–H groups in total. The summed E-state index contributed by atoms with van der Waals surface area (Å²) in [5, 5.41) is 1.55. The number of halogens is 3. The summed E-state index contributed by atoms with van der Waals surface area (Å²) in [5.41, 5.74) is 6.84. The lowest BCUT2D eigenvalue weighted by atomic mass is 10.1. The van der Waals surface area contributed by atoms with Crippen molar-refractivity contribution in [3.05, 3.63) is 57.0 Å². The molecule has 1 unspecified atom stereocenters. The zero-order valence-electron chi connectivity index (χ0n) is 10.9. The summed E-state index contributed by atoms with van der Waals surface area (Å²) >= 11 is 18.1. The maximum absolute atomic E-state index is 6.21. The Kier molecular flexibility index (Phi) is 5.17. The van der Waals surface area contributed by atoms with Crippen LogP contribution in [0.25, 0.3) is 0 Å². The summed E-state index contributed by atoms with van der Waals surface area (Å²) in [6.07, 6.45) is 0.767. The molecule has 0 aliphatic carbocycles. The Bertz CT molecular complexity index is 594. The average molecular weight is 331 g/mol. The fraction of sp³-hybridized carbons (Fsp3) is 0.200. The van der Waals surface area contributed by atoms with Gasteiger partial charge in [0.2, 0.25) is 0 Å². The van der Waals surface area contributed by atoms with Gasteiger partial charge in [0.05, 0.1) is 5.02 Å². The van der Waals surface area contributed by atoms with E-state index < -0.39 is 0 Å². The van der Waals surface area contributed by atoms with E-state index in [2.05, 4.69) is 0 Å². The van der Waals surface area contributed by atoms with Crippen LogP contribution in [0.4, 0.5) is 0 Å². The number of ether oxygens (including phenoxy) is 1. The molecule has 0 radical (unpaired) electrons. The molecule has 2 nitrogen and oxygen atoms in total. The quantitative estimate of drug-likeness (QED) is 0.822. The van der Waals surface area contributed by atoms with E-state index in [9.17, 15) is 0 Å². The van der Waals surface area contributed by atoms with Crippen LogP contribution in [0.5, 0.6) is 11.5 Å². The van der Waals surface area contributed by atoms with Crippen molar-refractivity contribution in [2.24, 2.45) is 5.73 Å². The lowest BCUT2D eigenvalue weighted by Crippen LogP contribution is -2.17. The van der Waals surface area contributed by atoms with E-state index in [-0.39, 0.29) is 6.04 Å². The minimum Gasteiger partial charge on any atom is -0.456 e. The molecule has 2 rings (SSSR count). The maximum Gasteiger partial charge on any atom is 0.146 e. The Labute approximate surface area is 133 Å². The van der Waals surface area contributed by atoms with E-state index in [1.54, 1.807) is 18.2 Å². The van der Waals surface area contributed by atoms with Gasteiger partial charge in [-0.25, -0.2) is 0 Å². The Balaban J connectivity index is 2.21. The molecule has 0 aliphatic heterocycles. The van der Waals surface area contributed by atoms with Gasteiger partial charge in [-0.2, -0.15) is 0 Å². The molecule has 0 aromatic heterocycles. The van der Waals surface area contributed by atoms with Gasteiger partial charge in [-0.1, -0.05) is 40.9 Å². The summed E-state index contributed by atoms with van der Waals surface area (Å²) in [5.74, 6) is 1.10. The Hall–Kier alpha value is -0.930. The number of rotatable bonds is 4. The third-order valence-corrected chi connectivity index (χ3v) is 3.35. The van der Waals surface area contributed by atoms with Gasteiger partial charge in [-0.15, -0.1) is 0 Å².